The maximum absolute atomic E-state index is 10.9. The van der Waals surface area contributed by atoms with E-state index < -0.39 is 0 Å². The monoisotopic (exact) mass is 252 g/mol. The number of carbonyl (C=O) groups is 1. The molecule has 4 heteroatoms. The van der Waals surface area contributed by atoms with Gasteiger partial charge >= 0.3 is 0 Å². The fraction of sp³-hybridized carbons (Fsp3) is 0.714. The average molecular weight is 252 g/mol. The summed E-state index contributed by atoms with van der Waals surface area (Å²) in [6, 6.07) is 0.0311. The van der Waals surface area contributed by atoms with Gasteiger partial charge < -0.3 is 10.1 Å². The highest BCUT2D eigenvalue weighted by Crippen LogP contribution is 2.31. The van der Waals surface area contributed by atoms with Gasteiger partial charge in [-0.05, 0) is 25.2 Å². The molecule has 1 rings (SSSR count). The third-order valence-corrected chi connectivity index (χ3v) is 3.52. The Hall–Kier alpha value is -1.32. The quantitative estimate of drug-likeness (QED) is 0.448. The third kappa shape index (κ3) is 3.59. The molecule has 1 atom stereocenters. The first-order valence-electron chi connectivity index (χ1n) is 6.69. The molecule has 18 heavy (non-hydrogen) atoms. The molecule has 4 nitrogen and oxygen atoms in total. The fourth-order valence-corrected chi connectivity index (χ4v) is 2.75. The van der Waals surface area contributed by atoms with Crippen LogP contribution in [0.5, 0.6) is 0 Å². The van der Waals surface area contributed by atoms with E-state index >= 15 is 0 Å². The summed E-state index contributed by atoms with van der Waals surface area (Å²) in [5.74, 6) is 1.13. The number of nitrogens with zero attached hydrogens (tertiary/aromatic N) is 1. The number of aliphatic imine (C=N–C) groups is 1. The highest BCUT2D eigenvalue weighted by atomic mass is 16.5. The summed E-state index contributed by atoms with van der Waals surface area (Å²) in [5.41, 5.74) is 1.02. The Labute approximate surface area is 110 Å². The van der Waals surface area contributed by atoms with Gasteiger partial charge in [0.2, 0.25) is 12.3 Å². The molecular formula is C14H24N2O2. The zero-order valence-corrected chi connectivity index (χ0v) is 11.6. The van der Waals surface area contributed by atoms with Crippen molar-refractivity contribution in [3.8, 4) is 0 Å². The summed E-state index contributed by atoms with van der Waals surface area (Å²) in [7, 11) is 3.34. The highest BCUT2D eigenvalue weighted by Gasteiger charge is 2.29. The fourth-order valence-electron chi connectivity index (χ4n) is 2.75. The standard InChI is InChI=1S/C14H24N2O2/c1-4-7-12(14(15-2)18-3)13(16-10-17)11-8-5-6-9-11/h7,10-11,13H,4-6,8-9H2,1-3H3,(H,16,17)/b12-7-,15-14?. The molecule has 0 aromatic rings. The van der Waals surface area contributed by atoms with Gasteiger partial charge in [0.1, 0.15) is 0 Å². The van der Waals surface area contributed by atoms with E-state index in [0.717, 1.165) is 31.2 Å². The van der Waals surface area contributed by atoms with Gasteiger partial charge in [-0.3, -0.25) is 9.79 Å². The van der Waals surface area contributed by atoms with Crippen molar-refractivity contribution in [3.63, 3.8) is 0 Å². The van der Waals surface area contributed by atoms with Crippen LogP contribution in [0.25, 0.3) is 0 Å². The summed E-state index contributed by atoms with van der Waals surface area (Å²) >= 11 is 0. The maximum atomic E-state index is 10.9. The second kappa shape index (κ2) is 7.90. The van der Waals surface area contributed by atoms with Crippen molar-refractivity contribution in [1.82, 2.24) is 5.32 Å². The number of hydrogen-bond acceptors (Lipinski definition) is 3. The zero-order chi connectivity index (χ0) is 13.4. The minimum absolute atomic E-state index is 0.0311. The molecule has 1 saturated carbocycles. The lowest BCUT2D eigenvalue weighted by Crippen LogP contribution is -2.39. The van der Waals surface area contributed by atoms with Gasteiger partial charge in [-0.1, -0.05) is 25.8 Å². The van der Waals surface area contributed by atoms with Crippen LogP contribution in [0.4, 0.5) is 0 Å². The van der Waals surface area contributed by atoms with Crippen LogP contribution in [-0.4, -0.2) is 32.5 Å². The molecule has 0 aromatic heterocycles. The molecule has 1 amide bonds. The predicted octanol–water partition coefficient (Wildman–Crippen LogP) is 2.30. The van der Waals surface area contributed by atoms with Crippen LogP contribution in [-0.2, 0) is 9.53 Å². The van der Waals surface area contributed by atoms with Crippen molar-refractivity contribution in [2.45, 2.75) is 45.1 Å². The first-order chi connectivity index (χ1) is 8.78. The number of methoxy groups -OCH3 is 1. The van der Waals surface area contributed by atoms with E-state index in [-0.39, 0.29) is 6.04 Å². The normalized spacial score (nSPS) is 19.7. The molecule has 0 aliphatic heterocycles. The number of rotatable bonds is 6. The molecule has 102 valence electrons. The van der Waals surface area contributed by atoms with Gasteiger partial charge in [-0.15, -0.1) is 0 Å². The highest BCUT2D eigenvalue weighted by molar-refractivity contribution is 5.95. The Bertz CT molecular complexity index is 318. The summed E-state index contributed by atoms with van der Waals surface area (Å²) in [5, 5.41) is 2.95. The number of hydrogen-bond donors (Lipinski definition) is 1. The summed E-state index contributed by atoms with van der Waals surface area (Å²) in [6.07, 6.45) is 8.60. The second-order valence-corrected chi connectivity index (χ2v) is 4.61. The largest absolute Gasteiger partial charge is 0.481 e. The van der Waals surface area contributed by atoms with E-state index in [9.17, 15) is 4.79 Å². The molecule has 0 heterocycles. The van der Waals surface area contributed by atoms with Crippen LogP contribution < -0.4 is 5.32 Å². The van der Waals surface area contributed by atoms with Gasteiger partial charge in [0, 0.05) is 12.6 Å². The summed E-state index contributed by atoms with van der Waals surface area (Å²) in [4.78, 5) is 15.0. The number of amides is 1. The zero-order valence-electron chi connectivity index (χ0n) is 11.6. The van der Waals surface area contributed by atoms with Crippen LogP contribution in [0.1, 0.15) is 39.0 Å². The Morgan fingerprint density at radius 2 is 2.17 bits per heavy atom. The van der Waals surface area contributed by atoms with Crippen molar-refractivity contribution in [2.75, 3.05) is 14.2 Å². The molecule has 0 radical (unpaired) electrons. The number of carbonyl (C=O) groups excluding carboxylic acids is 1. The maximum Gasteiger partial charge on any atom is 0.213 e. The molecular weight excluding hydrogens is 228 g/mol. The lowest BCUT2D eigenvalue weighted by Gasteiger charge is -2.26. The van der Waals surface area contributed by atoms with E-state index in [2.05, 4.69) is 23.3 Å². The van der Waals surface area contributed by atoms with Crippen LogP contribution in [0.15, 0.2) is 16.6 Å². The van der Waals surface area contributed by atoms with Crippen molar-refractivity contribution in [3.05, 3.63) is 11.6 Å². The molecule has 0 spiro atoms. The van der Waals surface area contributed by atoms with Gasteiger partial charge in [0.05, 0.1) is 13.2 Å². The SMILES string of the molecule is CC/C=C(\C(=NC)OC)C(NC=O)C1CCCC1. The average Bonchev–Trinajstić information content (AvgIpc) is 2.90. The van der Waals surface area contributed by atoms with Crippen molar-refractivity contribution < 1.29 is 9.53 Å². The smallest absolute Gasteiger partial charge is 0.213 e. The van der Waals surface area contributed by atoms with E-state index in [1.807, 2.05) is 0 Å². The third-order valence-electron chi connectivity index (χ3n) is 3.52. The number of ether oxygens (including phenoxy) is 1. The van der Waals surface area contributed by atoms with Crippen LogP contribution in [0.3, 0.4) is 0 Å². The van der Waals surface area contributed by atoms with E-state index in [4.69, 9.17) is 4.74 Å². The molecule has 0 aromatic carbocycles. The molecule has 0 bridgehead atoms. The van der Waals surface area contributed by atoms with Crippen LogP contribution >= 0.6 is 0 Å². The van der Waals surface area contributed by atoms with Crippen molar-refractivity contribution >= 4 is 12.3 Å². The summed E-state index contributed by atoms with van der Waals surface area (Å²) < 4.78 is 5.33. The lowest BCUT2D eigenvalue weighted by molar-refractivity contribution is -0.110. The topological polar surface area (TPSA) is 50.7 Å². The Morgan fingerprint density at radius 1 is 1.50 bits per heavy atom. The van der Waals surface area contributed by atoms with Gasteiger partial charge in [0.25, 0.3) is 0 Å². The van der Waals surface area contributed by atoms with Gasteiger partial charge in [-0.2, -0.15) is 0 Å². The lowest BCUT2D eigenvalue weighted by atomic mass is 9.90. The van der Waals surface area contributed by atoms with Gasteiger partial charge in [-0.25, -0.2) is 0 Å². The number of nitrogens with one attached hydrogen (secondary N) is 1. The van der Waals surface area contributed by atoms with Crippen molar-refractivity contribution in [1.29, 1.82) is 0 Å². The molecule has 0 saturated heterocycles. The number of allylic oxidation sites excluding steroid dienone is 1. The minimum Gasteiger partial charge on any atom is -0.481 e. The minimum atomic E-state index is 0.0311. The molecule has 1 aliphatic rings. The van der Waals surface area contributed by atoms with E-state index in [0.29, 0.717) is 11.8 Å². The summed E-state index contributed by atoms with van der Waals surface area (Å²) in [6.45, 7) is 2.08. The Balaban J connectivity index is 2.97. The Morgan fingerprint density at radius 3 is 2.61 bits per heavy atom. The first kappa shape index (κ1) is 14.7. The predicted molar refractivity (Wildman–Crippen MR) is 73.7 cm³/mol. The van der Waals surface area contributed by atoms with E-state index in [1.54, 1.807) is 14.2 Å². The van der Waals surface area contributed by atoms with Crippen molar-refractivity contribution in [2.24, 2.45) is 10.9 Å². The molecule has 1 unspecified atom stereocenters. The second-order valence-electron chi connectivity index (χ2n) is 4.61. The Kier molecular flexibility index (Phi) is 6.47. The molecule has 1 N–H and O–H groups in total. The van der Waals surface area contributed by atoms with E-state index in [1.165, 1.54) is 12.8 Å². The molecule has 1 fully saturated rings. The molecule has 1 aliphatic carbocycles. The van der Waals surface area contributed by atoms with Gasteiger partial charge in [0.15, 0.2) is 0 Å². The van der Waals surface area contributed by atoms with Crippen LogP contribution in [0.2, 0.25) is 0 Å². The first-order valence-corrected chi connectivity index (χ1v) is 6.69. The van der Waals surface area contributed by atoms with Crippen LogP contribution in [0, 0.1) is 5.92 Å².